The molecule has 0 radical (unpaired) electrons. The molecule has 1 fully saturated rings. The fraction of sp³-hybridized carbons (Fsp3) is 0.579. The Balaban J connectivity index is 1.78. The van der Waals surface area contributed by atoms with Gasteiger partial charge in [-0.15, -0.1) is 0 Å². The van der Waals surface area contributed by atoms with Crippen LogP contribution in [0.3, 0.4) is 0 Å². The summed E-state index contributed by atoms with van der Waals surface area (Å²) in [4.78, 5) is 25.7. The van der Waals surface area contributed by atoms with Gasteiger partial charge < -0.3 is 15.0 Å². The minimum Gasteiger partial charge on any atom is -0.381 e. The van der Waals surface area contributed by atoms with Gasteiger partial charge in [-0.25, -0.2) is 4.39 Å². The van der Waals surface area contributed by atoms with Gasteiger partial charge in [0, 0.05) is 32.7 Å². The van der Waals surface area contributed by atoms with E-state index in [0.29, 0.717) is 13.2 Å². The normalized spacial score (nSPS) is 17.2. The molecule has 1 unspecified atom stereocenters. The average Bonchev–Trinajstić information content (AvgIpc) is 2.95. The molecule has 0 aromatic heterocycles. The molecule has 1 atom stereocenters. The maximum absolute atomic E-state index is 14.1. The number of benzene rings is 1. The first-order valence-corrected chi connectivity index (χ1v) is 8.95. The second-order valence-corrected chi connectivity index (χ2v) is 6.47. The summed E-state index contributed by atoms with van der Waals surface area (Å²) >= 11 is 0. The molecule has 6 heteroatoms. The highest BCUT2D eigenvalue weighted by molar-refractivity contribution is 6.00. The third kappa shape index (κ3) is 5.53. The summed E-state index contributed by atoms with van der Waals surface area (Å²) in [6.07, 6.45) is 3.01. The number of halogens is 1. The van der Waals surface area contributed by atoms with Crippen molar-refractivity contribution in [3.8, 4) is 0 Å². The summed E-state index contributed by atoms with van der Waals surface area (Å²) in [5.41, 5.74) is 1.04. The summed E-state index contributed by atoms with van der Waals surface area (Å²) in [7, 11) is 0. The van der Waals surface area contributed by atoms with Gasteiger partial charge >= 0.3 is 0 Å². The molecule has 1 aliphatic rings. The first kappa shape index (κ1) is 19.4. The van der Waals surface area contributed by atoms with Crippen molar-refractivity contribution in [3.63, 3.8) is 0 Å². The van der Waals surface area contributed by atoms with Gasteiger partial charge in [0.25, 0.3) is 0 Å². The van der Waals surface area contributed by atoms with E-state index in [1.807, 2.05) is 0 Å². The quantitative estimate of drug-likeness (QED) is 0.697. The lowest BCUT2D eigenvalue weighted by Crippen LogP contribution is -2.34. The summed E-state index contributed by atoms with van der Waals surface area (Å²) in [5.74, 6) is -1.24. The summed E-state index contributed by atoms with van der Waals surface area (Å²) in [6.45, 7) is 6.01. The van der Waals surface area contributed by atoms with Crippen LogP contribution < -0.4 is 10.2 Å². The third-order valence-electron chi connectivity index (χ3n) is 4.30. The number of carbonyl (C=O) groups excluding carboxylic acids is 2. The van der Waals surface area contributed by atoms with Crippen molar-refractivity contribution < 1.29 is 18.7 Å². The van der Waals surface area contributed by atoms with Crippen LogP contribution in [0.2, 0.25) is 0 Å². The van der Waals surface area contributed by atoms with Crippen molar-refractivity contribution in [3.05, 3.63) is 29.6 Å². The molecule has 1 saturated heterocycles. The largest absolute Gasteiger partial charge is 0.381 e. The second-order valence-electron chi connectivity index (χ2n) is 6.47. The van der Waals surface area contributed by atoms with Crippen LogP contribution in [0.25, 0.3) is 0 Å². The summed E-state index contributed by atoms with van der Waals surface area (Å²) in [5, 5.41) is 2.84. The summed E-state index contributed by atoms with van der Waals surface area (Å²) < 4.78 is 19.5. The third-order valence-corrected chi connectivity index (χ3v) is 4.30. The van der Waals surface area contributed by atoms with E-state index in [2.05, 4.69) is 12.2 Å². The van der Waals surface area contributed by atoms with Crippen LogP contribution in [0, 0.1) is 18.7 Å². The molecule has 1 aliphatic heterocycles. The molecule has 0 bridgehead atoms. The zero-order valence-corrected chi connectivity index (χ0v) is 15.0. The van der Waals surface area contributed by atoms with Gasteiger partial charge in [0.2, 0.25) is 11.8 Å². The number of rotatable bonds is 9. The van der Waals surface area contributed by atoms with Crippen LogP contribution in [0.4, 0.5) is 10.1 Å². The van der Waals surface area contributed by atoms with Crippen LogP contribution >= 0.6 is 0 Å². The molecule has 25 heavy (non-hydrogen) atoms. The molecule has 138 valence electrons. The van der Waals surface area contributed by atoms with Crippen LogP contribution in [0.1, 0.15) is 38.2 Å². The maximum atomic E-state index is 14.1. The van der Waals surface area contributed by atoms with E-state index < -0.39 is 11.7 Å². The van der Waals surface area contributed by atoms with Gasteiger partial charge in [-0.05, 0) is 37.5 Å². The molecule has 1 N–H and O–H groups in total. The van der Waals surface area contributed by atoms with E-state index in [0.717, 1.165) is 31.4 Å². The van der Waals surface area contributed by atoms with Gasteiger partial charge in [0.15, 0.2) is 0 Å². The highest BCUT2D eigenvalue weighted by Gasteiger charge is 2.35. The van der Waals surface area contributed by atoms with Crippen LogP contribution in [0.5, 0.6) is 0 Å². The Hall–Kier alpha value is -1.95. The van der Waals surface area contributed by atoms with Gasteiger partial charge in [0.05, 0.1) is 11.6 Å². The van der Waals surface area contributed by atoms with E-state index in [4.69, 9.17) is 4.74 Å². The van der Waals surface area contributed by atoms with Crippen LogP contribution in [-0.4, -0.2) is 38.1 Å². The molecule has 0 aliphatic carbocycles. The number of amides is 2. The topological polar surface area (TPSA) is 58.6 Å². The number of carbonyl (C=O) groups is 2. The molecule has 0 spiro atoms. The van der Waals surface area contributed by atoms with Gasteiger partial charge in [-0.3, -0.25) is 9.59 Å². The highest BCUT2D eigenvalue weighted by Crippen LogP contribution is 2.28. The van der Waals surface area contributed by atoms with Crippen molar-refractivity contribution in [2.75, 3.05) is 31.2 Å². The number of anilines is 1. The number of nitrogens with zero attached hydrogens (tertiary/aromatic N) is 1. The van der Waals surface area contributed by atoms with Crippen molar-refractivity contribution in [1.29, 1.82) is 0 Å². The lowest BCUT2D eigenvalue weighted by Gasteiger charge is -2.17. The van der Waals surface area contributed by atoms with Crippen molar-refractivity contribution >= 4 is 17.5 Å². The number of unbranched alkanes of at least 4 members (excludes halogenated alkanes) is 1. The molecule has 2 rings (SSSR count). The molecular formula is C19H27FN2O3. The predicted molar refractivity (Wildman–Crippen MR) is 95.0 cm³/mol. The zero-order valence-electron chi connectivity index (χ0n) is 15.0. The van der Waals surface area contributed by atoms with Crippen LogP contribution in [0.15, 0.2) is 18.2 Å². The Labute approximate surface area is 148 Å². The van der Waals surface area contributed by atoms with E-state index in [1.54, 1.807) is 19.1 Å². The van der Waals surface area contributed by atoms with E-state index in [9.17, 15) is 14.0 Å². The Morgan fingerprint density at radius 3 is 2.84 bits per heavy atom. The van der Waals surface area contributed by atoms with Crippen LogP contribution in [-0.2, 0) is 14.3 Å². The SMILES string of the molecule is CCCCOCCCNC(=O)C1CC(=O)N(c2ccc(C)cc2F)C1. The second kappa shape index (κ2) is 9.51. The number of hydrogen-bond acceptors (Lipinski definition) is 3. The molecule has 1 aromatic rings. The highest BCUT2D eigenvalue weighted by atomic mass is 19.1. The van der Waals surface area contributed by atoms with E-state index in [-0.39, 0.29) is 30.5 Å². The van der Waals surface area contributed by atoms with Crippen molar-refractivity contribution in [2.24, 2.45) is 5.92 Å². The summed E-state index contributed by atoms with van der Waals surface area (Å²) in [6, 6.07) is 4.75. The standard InChI is InChI=1S/C19H27FN2O3/c1-3-4-9-25-10-5-8-21-19(24)15-12-18(23)22(13-15)17-7-6-14(2)11-16(17)20/h6-7,11,15H,3-5,8-10,12-13H2,1-2H3,(H,21,24). The smallest absolute Gasteiger partial charge is 0.227 e. The minimum atomic E-state index is -0.436. The molecule has 0 saturated carbocycles. The zero-order chi connectivity index (χ0) is 18.2. The number of ether oxygens (including phenoxy) is 1. The molecule has 2 amide bonds. The number of hydrogen-bond donors (Lipinski definition) is 1. The first-order valence-electron chi connectivity index (χ1n) is 8.95. The molecule has 1 heterocycles. The Morgan fingerprint density at radius 2 is 2.12 bits per heavy atom. The molecular weight excluding hydrogens is 323 g/mol. The van der Waals surface area contributed by atoms with Crippen molar-refractivity contribution in [2.45, 2.75) is 39.5 Å². The van der Waals surface area contributed by atoms with E-state index in [1.165, 1.54) is 11.0 Å². The average molecular weight is 350 g/mol. The lowest BCUT2D eigenvalue weighted by atomic mass is 10.1. The fourth-order valence-corrected chi connectivity index (χ4v) is 2.83. The first-order chi connectivity index (χ1) is 12.0. The lowest BCUT2D eigenvalue weighted by molar-refractivity contribution is -0.126. The fourth-order valence-electron chi connectivity index (χ4n) is 2.83. The Morgan fingerprint density at radius 1 is 1.36 bits per heavy atom. The minimum absolute atomic E-state index is 0.117. The van der Waals surface area contributed by atoms with Gasteiger partial charge in [0.1, 0.15) is 5.82 Å². The Kier molecular flexibility index (Phi) is 7.37. The van der Waals surface area contributed by atoms with Crippen molar-refractivity contribution in [1.82, 2.24) is 5.32 Å². The Bertz CT molecular complexity index is 606. The monoisotopic (exact) mass is 350 g/mol. The molecule has 5 nitrogen and oxygen atoms in total. The van der Waals surface area contributed by atoms with Gasteiger partial charge in [-0.1, -0.05) is 19.4 Å². The number of aryl methyl sites for hydroxylation is 1. The predicted octanol–water partition coefficient (Wildman–Crippen LogP) is 2.81. The van der Waals surface area contributed by atoms with Gasteiger partial charge in [-0.2, -0.15) is 0 Å². The number of nitrogens with one attached hydrogen (secondary N) is 1. The van der Waals surface area contributed by atoms with E-state index >= 15 is 0 Å². The molecule has 1 aromatic carbocycles. The maximum Gasteiger partial charge on any atom is 0.227 e.